The molecule has 1 N–H and O–H groups in total. The van der Waals surface area contributed by atoms with Crippen LogP contribution in [0.1, 0.15) is 19.0 Å². The van der Waals surface area contributed by atoms with E-state index >= 15 is 0 Å². The maximum absolute atomic E-state index is 12.0. The standard InChI is InChI=1S/C15H17BrN2O3/c1-4-5-12-13(16)15(19)18-14(17-12)9-6-10(20-2)8-11(7-9)21-3/h6-8H,4-5H2,1-3H3,(H,17,18,19). The van der Waals surface area contributed by atoms with Crippen LogP contribution in [0.4, 0.5) is 0 Å². The van der Waals surface area contributed by atoms with Crippen molar-refractivity contribution in [3.8, 4) is 22.9 Å². The van der Waals surface area contributed by atoms with Gasteiger partial charge in [0, 0.05) is 11.6 Å². The fraction of sp³-hybridized carbons (Fsp3) is 0.333. The lowest BCUT2D eigenvalue weighted by atomic mass is 10.1. The first-order valence-corrected chi connectivity index (χ1v) is 7.40. The zero-order chi connectivity index (χ0) is 15.4. The predicted molar refractivity (Wildman–Crippen MR) is 85.1 cm³/mol. The summed E-state index contributed by atoms with van der Waals surface area (Å²) in [5.74, 6) is 1.79. The third-order valence-electron chi connectivity index (χ3n) is 3.04. The van der Waals surface area contributed by atoms with Crippen LogP contribution in [0.5, 0.6) is 11.5 Å². The van der Waals surface area contributed by atoms with Crippen molar-refractivity contribution in [3.05, 3.63) is 38.7 Å². The molecule has 1 heterocycles. The van der Waals surface area contributed by atoms with Crippen molar-refractivity contribution in [1.82, 2.24) is 9.97 Å². The topological polar surface area (TPSA) is 64.2 Å². The number of rotatable bonds is 5. The molecule has 0 aliphatic carbocycles. The van der Waals surface area contributed by atoms with Gasteiger partial charge in [0.25, 0.3) is 5.56 Å². The zero-order valence-electron chi connectivity index (χ0n) is 12.2. The van der Waals surface area contributed by atoms with E-state index in [9.17, 15) is 4.79 Å². The van der Waals surface area contributed by atoms with Crippen molar-refractivity contribution in [2.75, 3.05) is 14.2 Å². The lowest BCUT2D eigenvalue weighted by molar-refractivity contribution is 0.394. The minimum atomic E-state index is -0.190. The number of aryl methyl sites for hydroxylation is 1. The van der Waals surface area contributed by atoms with Gasteiger partial charge in [0.1, 0.15) is 21.8 Å². The first kappa shape index (κ1) is 15.6. The van der Waals surface area contributed by atoms with E-state index in [1.54, 1.807) is 20.3 Å². The number of benzene rings is 1. The van der Waals surface area contributed by atoms with Crippen molar-refractivity contribution >= 4 is 15.9 Å². The molecule has 0 spiro atoms. The van der Waals surface area contributed by atoms with Crippen molar-refractivity contribution in [2.24, 2.45) is 0 Å². The molecule has 0 atom stereocenters. The second-order valence-electron chi connectivity index (χ2n) is 4.53. The molecule has 0 unspecified atom stereocenters. The SMILES string of the molecule is CCCc1nc(-c2cc(OC)cc(OC)c2)[nH]c(=O)c1Br. The third-order valence-corrected chi connectivity index (χ3v) is 3.86. The number of methoxy groups -OCH3 is 2. The Morgan fingerprint density at radius 3 is 2.33 bits per heavy atom. The largest absolute Gasteiger partial charge is 0.497 e. The van der Waals surface area contributed by atoms with Gasteiger partial charge < -0.3 is 14.5 Å². The molecule has 21 heavy (non-hydrogen) atoms. The lowest BCUT2D eigenvalue weighted by Gasteiger charge is -2.09. The maximum Gasteiger partial charge on any atom is 0.265 e. The summed E-state index contributed by atoms with van der Waals surface area (Å²) in [7, 11) is 3.16. The minimum Gasteiger partial charge on any atom is -0.497 e. The molecular weight excluding hydrogens is 336 g/mol. The highest BCUT2D eigenvalue weighted by atomic mass is 79.9. The highest BCUT2D eigenvalue weighted by molar-refractivity contribution is 9.10. The van der Waals surface area contributed by atoms with Crippen molar-refractivity contribution < 1.29 is 9.47 Å². The highest BCUT2D eigenvalue weighted by Crippen LogP contribution is 2.28. The molecule has 0 fully saturated rings. The van der Waals surface area contributed by atoms with Crippen molar-refractivity contribution in [1.29, 1.82) is 0 Å². The van der Waals surface area contributed by atoms with Crippen LogP contribution in [0.3, 0.4) is 0 Å². The van der Waals surface area contributed by atoms with Gasteiger partial charge in [-0.1, -0.05) is 13.3 Å². The van der Waals surface area contributed by atoms with Crippen LogP contribution in [0.2, 0.25) is 0 Å². The smallest absolute Gasteiger partial charge is 0.265 e. The molecule has 2 rings (SSSR count). The van der Waals surface area contributed by atoms with Crippen LogP contribution in [-0.4, -0.2) is 24.2 Å². The second kappa shape index (κ2) is 6.76. The normalized spacial score (nSPS) is 10.5. The van der Waals surface area contributed by atoms with Crippen LogP contribution in [0.25, 0.3) is 11.4 Å². The van der Waals surface area contributed by atoms with Gasteiger partial charge in [0.15, 0.2) is 0 Å². The van der Waals surface area contributed by atoms with E-state index in [1.807, 2.05) is 19.1 Å². The average molecular weight is 353 g/mol. The van der Waals surface area contributed by atoms with Gasteiger partial charge in [-0.25, -0.2) is 4.98 Å². The molecule has 0 amide bonds. The number of hydrogen-bond donors (Lipinski definition) is 1. The molecule has 5 nitrogen and oxygen atoms in total. The van der Waals surface area contributed by atoms with E-state index in [-0.39, 0.29) is 5.56 Å². The summed E-state index contributed by atoms with van der Waals surface area (Å²) in [6, 6.07) is 5.39. The molecular formula is C15H17BrN2O3. The Morgan fingerprint density at radius 2 is 1.81 bits per heavy atom. The summed E-state index contributed by atoms with van der Waals surface area (Å²) in [5, 5.41) is 0. The maximum atomic E-state index is 12.0. The van der Waals surface area contributed by atoms with Crippen LogP contribution in [0, 0.1) is 0 Å². The molecule has 2 aromatic rings. The minimum absolute atomic E-state index is 0.190. The van der Waals surface area contributed by atoms with E-state index in [0.717, 1.165) is 24.1 Å². The Hall–Kier alpha value is -1.82. The van der Waals surface area contributed by atoms with Crippen LogP contribution in [-0.2, 0) is 6.42 Å². The number of aromatic amines is 1. The van der Waals surface area contributed by atoms with Gasteiger partial charge >= 0.3 is 0 Å². The summed E-state index contributed by atoms with van der Waals surface area (Å²) in [6.07, 6.45) is 1.65. The molecule has 0 saturated heterocycles. The summed E-state index contributed by atoms with van der Waals surface area (Å²) in [6.45, 7) is 2.05. The first-order valence-electron chi connectivity index (χ1n) is 6.61. The van der Waals surface area contributed by atoms with Gasteiger partial charge in [0.05, 0.1) is 19.9 Å². The fourth-order valence-corrected chi connectivity index (χ4v) is 2.37. The highest BCUT2D eigenvalue weighted by Gasteiger charge is 2.11. The summed E-state index contributed by atoms with van der Waals surface area (Å²) in [5.41, 5.74) is 1.30. The number of hydrogen-bond acceptors (Lipinski definition) is 4. The predicted octanol–water partition coefficient (Wildman–Crippen LogP) is 3.17. The van der Waals surface area contributed by atoms with Gasteiger partial charge in [-0.05, 0) is 34.5 Å². The Kier molecular flexibility index (Phi) is 5.01. The Morgan fingerprint density at radius 1 is 1.19 bits per heavy atom. The van der Waals surface area contributed by atoms with Crippen molar-refractivity contribution in [3.63, 3.8) is 0 Å². The number of aromatic nitrogens is 2. The quantitative estimate of drug-likeness (QED) is 0.897. The summed E-state index contributed by atoms with van der Waals surface area (Å²) >= 11 is 3.29. The zero-order valence-corrected chi connectivity index (χ0v) is 13.8. The fourth-order valence-electron chi connectivity index (χ4n) is 1.99. The van der Waals surface area contributed by atoms with E-state index in [4.69, 9.17) is 9.47 Å². The molecule has 0 saturated carbocycles. The van der Waals surface area contributed by atoms with E-state index < -0.39 is 0 Å². The van der Waals surface area contributed by atoms with Gasteiger partial charge in [-0.2, -0.15) is 0 Å². The van der Waals surface area contributed by atoms with E-state index in [2.05, 4.69) is 25.9 Å². The molecule has 0 bridgehead atoms. The van der Waals surface area contributed by atoms with Crippen molar-refractivity contribution in [2.45, 2.75) is 19.8 Å². The molecule has 1 aromatic carbocycles. The molecule has 112 valence electrons. The number of halogens is 1. The van der Waals surface area contributed by atoms with E-state index in [0.29, 0.717) is 21.8 Å². The number of H-pyrrole nitrogens is 1. The molecule has 0 aliphatic rings. The molecule has 0 aliphatic heterocycles. The molecule has 1 aromatic heterocycles. The van der Waals surface area contributed by atoms with Crippen LogP contribution >= 0.6 is 15.9 Å². The third kappa shape index (κ3) is 3.44. The molecule has 0 radical (unpaired) electrons. The molecule has 6 heteroatoms. The Labute approximate surface area is 131 Å². The number of nitrogens with zero attached hydrogens (tertiary/aromatic N) is 1. The van der Waals surface area contributed by atoms with E-state index in [1.165, 1.54) is 0 Å². The Balaban J connectivity index is 2.58. The van der Waals surface area contributed by atoms with Gasteiger partial charge in [-0.15, -0.1) is 0 Å². The first-order chi connectivity index (χ1) is 10.1. The van der Waals surface area contributed by atoms with Gasteiger partial charge in [-0.3, -0.25) is 4.79 Å². The summed E-state index contributed by atoms with van der Waals surface area (Å²) < 4.78 is 11.0. The monoisotopic (exact) mass is 352 g/mol. The number of ether oxygens (including phenoxy) is 2. The average Bonchev–Trinajstić information content (AvgIpc) is 2.51. The van der Waals surface area contributed by atoms with Crippen LogP contribution in [0.15, 0.2) is 27.5 Å². The summed E-state index contributed by atoms with van der Waals surface area (Å²) in [4.78, 5) is 19.3. The van der Waals surface area contributed by atoms with Crippen LogP contribution < -0.4 is 15.0 Å². The second-order valence-corrected chi connectivity index (χ2v) is 5.32. The lowest BCUT2D eigenvalue weighted by Crippen LogP contribution is -2.13. The number of nitrogens with one attached hydrogen (secondary N) is 1. The van der Waals surface area contributed by atoms with Gasteiger partial charge in [0.2, 0.25) is 0 Å². The Bertz CT molecular complexity index is 676.